The molecule has 0 saturated heterocycles. The quantitative estimate of drug-likeness (QED) is 0.488. The van der Waals surface area contributed by atoms with Crippen molar-refractivity contribution in [3.8, 4) is 0 Å². The third-order valence-corrected chi connectivity index (χ3v) is 6.91. The van der Waals surface area contributed by atoms with E-state index in [-0.39, 0.29) is 0 Å². The summed E-state index contributed by atoms with van der Waals surface area (Å²) in [5.41, 5.74) is 1.48. The highest BCUT2D eigenvalue weighted by atomic mass is 35.5. The van der Waals surface area contributed by atoms with Gasteiger partial charge in [0, 0.05) is 14.0 Å². The Bertz CT molecular complexity index is 295. The molecule has 2 heteroatoms. The maximum absolute atomic E-state index is 5.78. The van der Waals surface area contributed by atoms with Crippen LogP contribution in [0.5, 0.6) is 0 Å². The normalized spacial score (nSPS) is 13.8. The van der Waals surface area contributed by atoms with Crippen molar-refractivity contribution in [3.63, 3.8) is 0 Å². The highest BCUT2D eigenvalue weighted by molar-refractivity contribution is 6.77. The molecule has 0 nitrogen and oxygen atoms in total. The Kier molecular flexibility index (Phi) is 5.57. The molecule has 0 aliphatic rings. The molecule has 0 bridgehead atoms. The first-order chi connectivity index (χ1) is 7.55. The van der Waals surface area contributed by atoms with Crippen LogP contribution in [0.4, 0.5) is 0 Å². The lowest BCUT2D eigenvalue weighted by Gasteiger charge is -2.26. The van der Waals surface area contributed by atoms with Gasteiger partial charge in [-0.2, -0.15) is 0 Å². The zero-order valence-corrected chi connectivity index (χ0v) is 12.4. The molecule has 1 rings (SSSR count). The van der Waals surface area contributed by atoms with Crippen LogP contribution in [0.1, 0.15) is 24.8 Å². The summed E-state index contributed by atoms with van der Waals surface area (Å²) in [5.74, 6) is 1.51. The minimum Gasteiger partial charge on any atom is -0.127 e. The van der Waals surface area contributed by atoms with Gasteiger partial charge in [-0.05, 0) is 17.9 Å². The summed E-state index contributed by atoms with van der Waals surface area (Å²) in [7, 11) is -1.05. The fraction of sp³-hybridized carbons (Fsp3) is 0.571. The smallest absolute Gasteiger partial charge is 0.0480 e. The Morgan fingerprint density at radius 1 is 1.19 bits per heavy atom. The van der Waals surface area contributed by atoms with E-state index >= 15 is 0 Å². The average Bonchev–Trinajstić information content (AvgIpc) is 2.27. The first-order valence-electron chi connectivity index (χ1n) is 6.16. The molecule has 1 aromatic carbocycles. The Hall–Kier alpha value is -0.273. The molecule has 0 radical (unpaired) electrons. The van der Waals surface area contributed by atoms with E-state index in [1.807, 2.05) is 0 Å². The number of halogens is 1. The first-order valence-corrected chi connectivity index (χ1v) is 10.1. The van der Waals surface area contributed by atoms with E-state index < -0.39 is 8.07 Å². The van der Waals surface area contributed by atoms with E-state index in [0.29, 0.717) is 5.92 Å². The third-order valence-electron chi connectivity index (χ3n) is 3.21. The molecule has 1 atom stereocenters. The van der Waals surface area contributed by atoms with Gasteiger partial charge >= 0.3 is 0 Å². The van der Waals surface area contributed by atoms with Crippen molar-refractivity contribution in [3.05, 3.63) is 35.9 Å². The van der Waals surface area contributed by atoms with Crippen LogP contribution in [-0.4, -0.2) is 14.0 Å². The predicted octanol–water partition coefficient (Wildman–Crippen LogP) is 5.13. The third kappa shape index (κ3) is 4.71. The lowest BCUT2D eigenvalue weighted by Crippen LogP contribution is -2.27. The molecule has 0 amide bonds. The minimum atomic E-state index is -1.05. The lowest BCUT2D eigenvalue weighted by atomic mass is 10.0. The highest BCUT2D eigenvalue weighted by Gasteiger charge is 2.23. The van der Waals surface area contributed by atoms with E-state index in [4.69, 9.17) is 11.6 Å². The number of benzene rings is 1. The van der Waals surface area contributed by atoms with Crippen molar-refractivity contribution in [1.82, 2.24) is 0 Å². The van der Waals surface area contributed by atoms with Gasteiger partial charge in [-0.15, -0.1) is 11.6 Å². The summed E-state index contributed by atoms with van der Waals surface area (Å²) in [5, 5.41) is 0. The zero-order valence-electron chi connectivity index (χ0n) is 10.7. The second kappa shape index (κ2) is 6.46. The van der Waals surface area contributed by atoms with Crippen molar-refractivity contribution < 1.29 is 0 Å². The molecular formula is C14H23ClSi. The Morgan fingerprint density at radius 2 is 1.81 bits per heavy atom. The molecule has 1 unspecified atom stereocenters. The molecule has 0 fully saturated rings. The SMILES string of the molecule is CC(C[Si](C)(C)CCCCl)c1ccccc1. The number of rotatable bonds is 6. The van der Waals surface area contributed by atoms with E-state index in [2.05, 4.69) is 50.3 Å². The highest BCUT2D eigenvalue weighted by Crippen LogP contribution is 2.29. The van der Waals surface area contributed by atoms with Crippen LogP contribution in [0.2, 0.25) is 25.2 Å². The Balaban J connectivity index is 2.53. The number of alkyl halides is 1. The summed E-state index contributed by atoms with van der Waals surface area (Å²) in [4.78, 5) is 0. The van der Waals surface area contributed by atoms with Crippen molar-refractivity contribution in [2.75, 3.05) is 5.88 Å². The average molecular weight is 255 g/mol. The van der Waals surface area contributed by atoms with E-state index in [1.54, 1.807) is 0 Å². The van der Waals surface area contributed by atoms with Crippen LogP contribution >= 0.6 is 11.6 Å². The number of hydrogen-bond acceptors (Lipinski definition) is 0. The molecule has 1 aromatic rings. The van der Waals surface area contributed by atoms with Crippen molar-refractivity contribution >= 4 is 19.7 Å². The molecule has 0 heterocycles. The Labute approximate surface area is 106 Å². The molecule has 0 saturated carbocycles. The fourth-order valence-corrected chi connectivity index (χ4v) is 5.96. The summed E-state index contributed by atoms with van der Waals surface area (Å²) in [6, 6.07) is 13.6. The summed E-state index contributed by atoms with van der Waals surface area (Å²) >= 11 is 5.78. The van der Waals surface area contributed by atoms with E-state index in [9.17, 15) is 0 Å². The van der Waals surface area contributed by atoms with Gasteiger partial charge in [-0.3, -0.25) is 0 Å². The van der Waals surface area contributed by atoms with Crippen LogP contribution in [-0.2, 0) is 0 Å². The number of hydrogen-bond donors (Lipinski definition) is 0. The second-order valence-electron chi connectivity index (χ2n) is 5.47. The van der Waals surface area contributed by atoms with Gasteiger partial charge in [0.15, 0.2) is 0 Å². The first kappa shape index (κ1) is 13.8. The molecule has 90 valence electrons. The maximum atomic E-state index is 5.78. The predicted molar refractivity (Wildman–Crippen MR) is 77.3 cm³/mol. The van der Waals surface area contributed by atoms with Crippen LogP contribution < -0.4 is 0 Å². The molecule has 0 aromatic heterocycles. The van der Waals surface area contributed by atoms with Crippen molar-refractivity contribution in [2.24, 2.45) is 0 Å². The van der Waals surface area contributed by atoms with Crippen LogP contribution in [0.15, 0.2) is 30.3 Å². The second-order valence-corrected chi connectivity index (χ2v) is 11.1. The molecular weight excluding hydrogens is 232 g/mol. The monoisotopic (exact) mass is 254 g/mol. The van der Waals surface area contributed by atoms with Crippen molar-refractivity contribution in [2.45, 2.75) is 44.4 Å². The van der Waals surface area contributed by atoms with Gasteiger partial charge in [-0.1, -0.05) is 62.4 Å². The van der Waals surface area contributed by atoms with Gasteiger partial charge in [0.05, 0.1) is 0 Å². The standard InChI is InChI=1S/C14H23ClSi/c1-13(14-8-5-4-6-9-14)12-16(2,3)11-7-10-15/h4-6,8-9,13H,7,10-12H2,1-3H3. The van der Waals surface area contributed by atoms with Crippen LogP contribution in [0.25, 0.3) is 0 Å². The maximum Gasteiger partial charge on any atom is 0.0480 e. The Morgan fingerprint density at radius 3 is 2.38 bits per heavy atom. The molecule has 0 aliphatic carbocycles. The fourth-order valence-electron chi connectivity index (χ4n) is 2.38. The largest absolute Gasteiger partial charge is 0.127 e. The minimum absolute atomic E-state index is 0.693. The summed E-state index contributed by atoms with van der Waals surface area (Å²) < 4.78 is 0. The van der Waals surface area contributed by atoms with Gasteiger partial charge in [0.25, 0.3) is 0 Å². The van der Waals surface area contributed by atoms with Crippen LogP contribution in [0, 0.1) is 0 Å². The lowest BCUT2D eigenvalue weighted by molar-refractivity contribution is 0.834. The van der Waals surface area contributed by atoms with Gasteiger partial charge in [0.1, 0.15) is 0 Å². The summed E-state index contributed by atoms with van der Waals surface area (Å²) in [6.45, 7) is 7.32. The topological polar surface area (TPSA) is 0 Å². The van der Waals surface area contributed by atoms with Gasteiger partial charge in [-0.25, -0.2) is 0 Å². The van der Waals surface area contributed by atoms with Crippen LogP contribution in [0.3, 0.4) is 0 Å². The zero-order chi connectivity index (χ0) is 12.0. The van der Waals surface area contributed by atoms with E-state index in [0.717, 1.165) is 5.88 Å². The molecule has 0 spiro atoms. The molecule has 0 N–H and O–H groups in total. The summed E-state index contributed by atoms with van der Waals surface area (Å²) in [6.07, 6.45) is 1.18. The van der Waals surface area contributed by atoms with Crippen molar-refractivity contribution in [1.29, 1.82) is 0 Å². The molecule has 16 heavy (non-hydrogen) atoms. The molecule has 0 aliphatic heterocycles. The van der Waals surface area contributed by atoms with Gasteiger partial charge in [0.2, 0.25) is 0 Å². The van der Waals surface area contributed by atoms with Gasteiger partial charge < -0.3 is 0 Å². The van der Waals surface area contributed by atoms with E-state index in [1.165, 1.54) is 24.1 Å².